The van der Waals surface area contributed by atoms with E-state index in [0.717, 1.165) is 6.26 Å². The second-order valence-corrected chi connectivity index (χ2v) is 3.00. The highest BCUT2D eigenvalue weighted by Gasteiger charge is 2.33. The smallest absolute Gasteiger partial charge is 0.334 e. The lowest BCUT2D eigenvalue weighted by atomic mass is 10.2. The van der Waals surface area contributed by atoms with E-state index in [4.69, 9.17) is 10.9 Å². The van der Waals surface area contributed by atoms with Crippen LogP contribution in [0.15, 0.2) is 12.3 Å². The fourth-order valence-corrected chi connectivity index (χ4v) is 1.41. The SMILES string of the molecule is CCN1CC(CC=CO)N(N)C1=O. The average Bonchev–Trinajstić information content (AvgIpc) is 2.41. The Hall–Kier alpha value is -1.23. The van der Waals surface area contributed by atoms with Crippen LogP contribution in [0.5, 0.6) is 0 Å². The molecule has 0 aromatic carbocycles. The lowest BCUT2D eigenvalue weighted by Crippen LogP contribution is -2.40. The van der Waals surface area contributed by atoms with Gasteiger partial charge in [-0.2, -0.15) is 0 Å². The fourth-order valence-electron chi connectivity index (χ4n) is 1.41. The first-order chi connectivity index (χ1) is 6.20. The Bertz CT molecular complexity index is 217. The number of carbonyl (C=O) groups is 1. The molecular weight excluding hydrogens is 170 g/mol. The standard InChI is InChI=1S/C8H15N3O2/c1-2-10-6-7(4-3-5-12)11(9)8(10)13/h3,5,7,12H,2,4,6,9H2,1H3. The van der Waals surface area contributed by atoms with Crippen LogP contribution in [-0.4, -0.2) is 40.2 Å². The van der Waals surface area contributed by atoms with Gasteiger partial charge in [0.15, 0.2) is 0 Å². The van der Waals surface area contributed by atoms with Crippen molar-refractivity contribution in [3.63, 3.8) is 0 Å². The summed E-state index contributed by atoms with van der Waals surface area (Å²) in [4.78, 5) is 13.0. The Morgan fingerprint density at radius 2 is 2.46 bits per heavy atom. The predicted octanol–water partition coefficient (Wildman–Crippen LogP) is 0.448. The van der Waals surface area contributed by atoms with Gasteiger partial charge < -0.3 is 10.0 Å². The van der Waals surface area contributed by atoms with Crippen LogP contribution in [0.25, 0.3) is 0 Å². The Morgan fingerprint density at radius 1 is 1.77 bits per heavy atom. The molecule has 0 aromatic heterocycles. The molecule has 1 atom stereocenters. The van der Waals surface area contributed by atoms with Crippen molar-refractivity contribution in [2.24, 2.45) is 5.84 Å². The number of carbonyl (C=O) groups excluding carboxylic acids is 1. The van der Waals surface area contributed by atoms with E-state index in [2.05, 4.69) is 0 Å². The highest BCUT2D eigenvalue weighted by Crippen LogP contribution is 2.14. The summed E-state index contributed by atoms with van der Waals surface area (Å²) >= 11 is 0. The first-order valence-corrected chi connectivity index (χ1v) is 4.32. The molecule has 1 saturated heterocycles. The molecule has 1 aliphatic heterocycles. The summed E-state index contributed by atoms with van der Waals surface area (Å²) in [5, 5.41) is 9.69. The van der Waals surface area contributed by atoms with Gasteiger partial charge in [0.2, 0.25) is 0 Å². The van der Waals surface area contributed by atoms with Gasteiger partial charge in [-0.1, -0.05) is 0 Å². The van der Waals surface area contributed by atoms with Crippen LogP contribution < -0.4 is 5.84 Å². The first-order valence-electron chi connectivity index (χ1n) is 4.32. The molecule has 0 spiro atoms. The number of hydrazine groups is 1. The van der Waals surface area contributed by atoms with Crippen molar-refractivity contribution in [2.45, 2.75) is 19.4 Å². The number of rotatable bonds is 3. The highest BCUT2D eigenvalue weighted by molar-refractivity contribution is 5.76. The number of amides is 2. The molecule has 0 bridgehead atoms. The van der Waals surface area contributed by atoms with E-state index in [0.29, 0.717) is 19.5 Å². The Morgan fingerprint density at radius 3 is 2.92 bits per heavy atom. The van der Waals surface area contributed by atoms with Gasteiger partial charge in [-0.3, -0.25) is 5.01 Å². The van der Waals surface area contributed by atoms with Crippen LogP contribution in [0.3, 0.4) is 0 Å². The third kappa shape index (κ3) is 1.92. The van der Waals surface area contributed by atoms with Gasteiger partial charge in [0.25, 0.3) is 0 Å². The second kappa shape index (κ2) is 4.13. The molecule has 0 saturated carbocycles. The topological polar surface area (TPSA) is 69.8 Å². The molecule has 2 amide bonds. The van der Waals surface area contributed by atoms with E-state index >= 15 is 0 Å². The second-order valence-electron chi connectivity index (χ2n) is 3.00. The Kier molecular flexibility index (Phi) is 3.13. The zero-order valence-electron chi connectivity index (χ0n) is 7.68. The summed E-state index contributed by atoms with van der Waals surface area (Å²) in [6.45, 7) is 3.22. The Labute approximate surface area is 77.4 Å². The number of hydrogen-bond acceptors (Lipinski definition) is 3. The van der Waals surface area contributed by atoms with Crippen LogP contribution in [0.2, 0.25) is 0 Å². The molecule has 0 radical (unpaired) electrons. The van der Waals surface area contributed by atoms with Crippen molar-refractivity contribution in [1.29, 1.82) is 0 Å². The molecule has 1 rings (SSSR count). The molecule has 5 heteroatoms. The zero-order chi connectivity index (χ0) is 9.84. The monoisotopic (exact) mass is 185 g/mol. The first kappa shape index (κ1) is 9.85. The van der Waals surface area contributed by atoms with Crippen LogP contribution in [0, 0.1) is 0 Å². The van der Waals surface area contributed by atoms with E-state index < -0.39 is 0 Å². The minimum atomic E-state index is -0.140. The number of aliphatic hydroxyl groups excluding tert-OH is 1. The largest absolute Gasteiger partial charge is 0.516 e. The van der Waals surface area contributed by atoms with E-state index in [1.165, 1.54) is 5.01 Å². The molecule has 3 N–H and O–H groups in total. The molecule has 0 aliphatic carbocycles. The third-order valence-electron chi connectivity index (χ3n) is 2.21. The molecule has 1 unspecified atom stereocenters. The van der Waals surface area contributed by atoms with Crippen LogP contribution in [0.4, 0.5) is 4.79 Å². The van der Waals surface area contributed by atoms with Crippen LogP contribution in [-0.2, 0) is 0 Å². The summed E-state index contributed by atoms with van der Waals surface area (Å²) in [6, 6.07) is -0.158. The van der Waals surface area contributed by atoms with Gasteiger partial charge in [0.1, 0.15) is 0 Å². The maximum Gasteiger partial charge on any atom is 0.334 e. The summed E-state index contributed by atoms with van der Waals surface area (Å²) in [6.07, 6.45) is 3.17. The van der Waals surface area contributed by atoms with Crippen LogP contribution in [0.1, 0.15) is 13.3 Å². The lowest BCUT2D eigenvalue weighted by Gasteiger charge is -2.14. The maximum absolute atomic E-state index is 11.4. The minimum absolute atomic E-state index is 0.0177. The van der Waals surface area contributed by atoms with Gasteiger partial charge in [-0.15, -0.1) is 0 Å². The highest BCUT2D eigenvalue weighted by atomic mass is 16.2. The van der Waals surface area contributed by atoms with Crippen molar-refractivity contribution in [2.75, 3.05) is 13.1 Å². The fraction of sp³-hybridized carbons (Fsp3) is 0.625. The molecule has 1 aliphatic rings. The summed E-state index contributed by atoms with van der Waals surface area (Å²) in [5.41, 5.74) is 0. The van der Waals surface area contributed by atoms with E-state index in [-0.39, 0.29) is 12.1 Å². The number of likely N-dealkylation sites (N-methyl/N-ethyl adjacent to an activating group) is 1. The number of hydrogen-bond donors (Lipinski definition) is 2. The number of nitrogens with two attached hydrogens (primary N) is 1. The number of urea groups is 1. The van der Waals surface area contributed by atoms with E-state index in [1.54, 1.807) is 11.0 Å². The molecule has 74 valence electrons. The molecular formula is C8H15N3O2. The maximum atomic E-state index is 11.4. The number of nitrogens with zero attached hydrogens (tertiary/aromatic N) is 2. The molecule has 1 heterocycles. The average molecular weight is 185 g/mol. The lowest BCUT2D eigenvalue weighted by molar-refractivity contribution is 0.188. The quantitative estimate of drug-likeness (QED) is 0.381. The van der Waals surface area contributed by atoms with Crippen molar-refractivity contribution in [3.05, 3.63) is 12.3 Å². The Balaban J connectivity index is 2.55. The number of aliphatic hydroxyl groups is 1. The minimum Gasteiger partial charge on any atom is -0.516 e. The van der Waals surface area contributed by atoms with E-state index in [1.807, 2.05) is 6.92 Å². The van der Waals surface area contributed by atoms with Gasteiger partial charge in [-0.25, -0.2) is 10.6 Å². The van der Waals surface area contributed by atoms with Crippen molar-refractivity contribution in [1.82, 2.24) is 9.91 Å². The van der Waals surface area contributed by atoms with Crippen molar-refractivity contribution < 1.29 is 9.90 Å². The summed E-state index contributed by atoms with van der Waals surface area (Å²) in [7, 11) is 0. The van der Waals surface area contributed by atoms with Crippen molar-refractivity contribution >= 4 is 6.03 Å². The van der Waals surface area contributed by atoms with Gasteiger partial charge in [0.05, 0.1) is 12.3 Å². The van der Waals surface area contributed by atoms with Gasteiger partial charge in [0, 0.05) is 13.1 Å². The summed E-state index contributed by atoms with van der Waals surface area (Å²) < 4.78 is 0. The van der Waals surface area contributed by atoms with Gasteiger partial charge >= 0.3 is 6.03 Å². The molecule has 13 heavy (non-hydrogen) atoms. The normalized spacial score (nSPS) is 23.5. The van der Waals surface area contributed by atoms with Crippen molar-refractivity contribution in [3.8, 4) is 0 Å². The summed E-state index contributed by atoms with van der Waals surface area (Å²) in [5.74, 6) is 5.56. The molecule has 5 nitrogen and oxygen atoms in total. The predicted molar refractivity (Wildman–Crippen MR) is 48.8 cm³/mol. The van der Waals surface area contributed by atoms with Gasteiger partial charge in [-0.05, 0) is 19.4 Å². The molecule has 0 aromatic rings. The zero-order valence-corrected chi connectivity index (χ0v) is 7.68. The van der Waals surface area contributed by atoms with E-state index in [9.17, 15) is 4.79 Å². The molecule has 1 fully saturated rings. The third-order valence-corrected chi connectivity index (χ3v) is 2.21. The van der Waals surface area contributed by atoms with Crippen LogP contribution >= 0.6 is 0 Å².